The second-order valence-electron chi connectivity index (χ2n) is 5.72. The molecule has 0 spiro atoms. The van der Waals surface area contributed by atoms with Crippen molar-refractivity contribution < 1.29 is 23.9 Å². The SMILES string of the molecule is CC(=O)Nc1ccc(C(=O)OCC(=O)N2CCN(C(C)=O)CC2)cc1. The summed E-state index contributed by atoms with van der Waals surface area (Å²) in [7, 11) is 0. The Morgan fingerprint density at radius 1 is 0.960 bits per heavy atom. The van der Waals surface area contributed by atoms with Crippen LogP contribution >= 0.6 is 0 Å². The van der Waals surface area contributed by atoms with Crippen LogP contribution in [0, 0.1) is 0 Å². The van der Waals surface area contributed by atoms with Crippen LogP contribution in [0.2, 0.25) is 0 Å². The van der Waals surface area contributed by atoms with Crippen molar-refractivity contribution in [2.24, 2.45) is 0 Å². The van der Waals surface area contributed by atoms with Gasteiger partial charge in [-0.05, 0) is 24.3 Å². The molecule has 1 aliphatic rings. The van der Waals surface area contributed by atoms with Gasteiger partial charge in [0.2, 0.25) is 11.8 Å². The number of amides is 3. The molecule has 0 unspecified atom stereocenters. The van der Waals surface area contributed by atoms with Gasteiger partial charge in [-0.2, -0.15) is 0 Å². The van der Waals surface area contributed by atoms with Crippen molar-refractivity contribution in [1.29, 1.82) is 0 Å². The molecule has 1 heterocycles. The molecule has 1 aromatic carbocycles. The van der Waals surface area contributed by atoms with E-state index < -0.39 is 5.97 Å². The quantitative estimate of drug-likeness (QED) is 0.800. The van der Waals surface area contributed by atoms with Crippen LogP contribution < -0.4 is 5.32 Å². The minimum atomic E-state index is -0.606. The van der Waals surface area contributed by atoms with Crippen molar-refractivity contribution in [2.75, 3.05) is 38.1 Å². The van der Waals surface area contributed by atoms with Gasteiger partial charge in [0.15, 0.2) is 6.61 Å². The van der Waals surface area contributed by atoms with Gasteiger partial charge in [0, 0.05) is 45.7 Å². The maximum absolute atomic E-state index is 12.1. The molecule has 0 aliphatic carbocycles. The van der Waals surface area contributed by atoms with Gasteiger partial charge < -0.3 is 19.9 Å². The van der Waals surface area contributed by atoms with Crippen LogP contribution in [-0.2, 0) is 19.1 Å². The van der Waals surface area contributed by atoms with E-state index in [-0.39, 0.29) is 24.3 Å². The van der Waals surface area contributed by atoms with Crippen LogP contribution in [0.25, 0.3) is 0 Å². The number of carbonyl (C=O) groups is 4. The number of benzene rings is 1. The number of nitrogens with zero attached hydrogens (tertiary/aromatic N) is 2. The van der Waals surface area contributed by atoms with Gasteiger partial charge in [-0.25, -0.2) is 4.79 Å². The Morgan fingerprint density at radius 2 is 1.52 bits per heavy atom. The van der Waals surface area contributed by atoms with E-state index in [0.29, 0.717) is 37.4 Å². The number of hydrogen-bond acceptors (Lipinski definition) is 5. The Hall–Kier alpha value is -2.90. The molecule has 1 fully saturated rings. The smallest absolute Gasteiger partial charge is 0.338 e. The van der Waals surface area contributed by atoms with Crippen LogP contribution in [0.15, 0.2) is 24.3 Å². The zero-order chi connectivity index (χ0) is 18.4. The Bertz CT molecular complexity index is 663. The molecule has 0 bridgehead atoms. The molecule has 25 heavy (non-hydrogen) atoms. The fourth-order valence-corrected chi connectivity index (χ4v) is 2.47. The average molecular weight is 347 g/mol. The lowest BCUT2D eigenvalue weighted by molar-refractivity contribution is -0.140. The Labute approximate surface area is 145 Å². The fourth-order valence-electron chi connectivity index (χ4n) is 2.47. The van der Waals surface area contributed by atoms with Crippen molar-refractivity contribution in [3.05, 3.63) is 29.8 Å². The van der Waals surface area contributed by atoms with E-state index in [4.69, 9.17) is 4.74 Å². The lowest BCUT2D eigenvalue weighted by atomic mass is 10.2. The number of piperazine rings is 1. The van der Waals surface area contributed by atoms with Crippen LogP contribution in [0.4, 0.5) is 5.69 Å². The molecule has 1 N–H and O–H groups in total. The molecule has 1 aliphatic heterocycles. The summed E-state index contributed by atoms with van der Waals surface area (Å²) in [5.41, 5.74) is 0.867. The van der Waals surface area contributed by atoms with Crippen LogP contribution in [0.5, 0.6) is 0 Å². The van der Waals surface area contributed by atoms with E-state index >= 15 is 0 Å². The van der Waals surface area contributed by atoms with Gasteiger partial charge in [-0.3, -0.25) is 14.4 Å². The average Bonchev–Trinajstić information content (AvgIpc) is 2.59. The zero-order valence-corrected chi connectivity index (χ0v) is 14.3. The van der Waals surface area contributed by atoms with Gasteiger partial charge in [-0.1, -0.05) is 0 Å². The second-order valence-corrected chi connectivity index (χ2v) is 5.72. The number of esters is 1. The highest BCUT2D eigenvalue weighted by atomic mass is 16.5. The molecule has 134 valence electrons. The van der Waals surface area contributed by atoms with E-state index in [0.717, 1.165) is 0 Å². The van der Waals surface area contributed by atoms with Gasteiger partial charge in [0.25, 0.3) is 5.91 Å². The fraction of sp³-hybridized carbons (Fsp3) is 0.412. The maximum Gasteiger partial charge on any atom is 0.338 e. The molecule has 0 atom stereocenters. The highest BCUT2D eigenvalue weighted by molar-refractivity contribution is 5.93. The highest BCUT2D eigenvalue weighted by Crippen LogP contribution is 2.11. The topological polar surface area (TPSA) is 96.0 Å². The van der Waals surface area contributed by atoms with Crippen molar-refractivity contribution in [3.63, 3.8) is 0 Å². The van der Waals surface area contributed by atoms with Crippen LogP contribution in [-0.4, -0.2) is 66.3 Å². The van der Waals surface area contributed by atoms with Gasteiger partial charge in [0.1, 0.15) is 0 Å². The summed E-state index contributed by atoms with van der Waals surface area (Å²) in [5.74, 6) is -1.11. The Balaban J connectivity index is 1.80. The van der Waals surface area contributed by atoms with E-state index in [9.17, 15) is 19.2 Å². The molecule has 2 rings (SSSR count). The van der Waals surface area contributed by atoms with E-state index in [1.807, 2.05) is 0 Å². The number of carbonyl (C=O) groups excluding carboxylic acids is 4. The maximum atomic E-state index is 12.1. The molecule has 0 aromatic heterocycles. The number of rotatable bonds is 4. The number of ether oxygens (including phenoxy) is 1. The monoisotopic (exact) mass is 347 g/mol. The van der Waals surface area contributed by atoms with Crippen molar-refractivity contribution in [2.45, 2.75) is 13.8 Å². The van der Waals surface area contributed by atoms with Crippen molar-refractivity contribution >= 4 is 29.4 Å². The van der Waals surface area contributed by atoms with Crippen LogP contribution in [0.1, 0.15) is 24.2 Å². The third kappa shape index (κ3) is 5.30. The summed E-state index contributed by atoms with van der Waals surface area (Å²) in [5, 5.41) is 2.60. The summed E-state index contributed by atoms with van der Waals surface area (Å²) < 4.78 is 5.04. The Kier molecular flexibility index (Phi) is 6.10. The summed E-state index contributed by atoms with van der Waals surface area (Å²) in [6.07, 6.45) is 0. The summed E-state index contributed by atoms with van der Waals surface area (Å²) >= 11 is 0. The predicted octanol–water partition coefficient (Wildman–Crippen LogP) is 0.492. The Morgan fingerprint density at radius 3 is 2.04 bits per heavy atom. The summed E-state index contributed by atoms with van der Waals surface area (Å²) in [6, 6.07) is 6.20. The standard InChI is InChI=1S/C17H21N3O5/c1-12(21)18-15-5-3-14(4-6-15)17(24)25-11-16(23)20-9-7-19(8-10-20)13(2)22/h3-6H,7-11H2,1-2H3,(H,18,21). The largest absolute Gasteiger partial charge is 0.452 e. The van der Waals surface area contributed by atoms with Gasteiger partial charge in [0.05, 0.1) is 5.56 Å². The lowest BCUT2D eigenvalue weighted by Gasteiger charge is -2.34. The summed E-state index contributed by atoms with van der Waals surface area (Å²) in [6.45, 7) is 4.38. The predicted molar refractivity (Wildman–Crippen MR) is 89.9 cm³/mol. The number of anilines is 1. The van der Waals surface area contributed by atoms with Crippen molar-refractivity contribution in [1.82, 2.24) is 9.80 Å². The first-order valence-electron chi connectivity index (χ1n) is 7.95. The lowest BCUT2D eigenvalue weighted by Crippen LogP contribution is -2.51. The number of nitrogens with one attached hydrogen (secondary N) is 1. The van der Waals surface area contributed by atoms with E-state index in [1.54, 1.807) is 21.9 Å². The molecule has 0 radical (unpaired) electrons. The summed E-state index contributed by atoms with van der Waals surface area (Å²) in [4.78, 5) is 49.5. The molecule has 0 saturated carbocycles. The van der Waals surface area contributed by atoms with Crippen LogP contribution in [0.3, 0.4) is 0 Å². The molecular weight excluding hydrogens is 326 g/mol. The molecule has 1 aromatic rings. The third-order valence-electron chi connectivity index (χ3n) is 3.85. The molecule has 3 amide bonds. The highest BCUT2D eigenvalue weighted by Gasteiger charge is 2.23. The van der Waals surface area contributed by atoms with Crippen molar-refractivity contribution in [3.8, 4) is 0 Å². The molecule has 8 heteroatoms. The van der Waals surface area contributed by atoms with Gasteiger partial charge in [-0.15, -0.1) is 0 Å². The minimum absolute atomic E-state index is 0.0127. The first-order valence-corrected chi connectivity index (χ1v) is 7.95. The molecular formula is C17H21N3O5. The second kappa shape index (κ2) is 8.27. The van der Waals surface area contributed by atoms with E-state index in [1.165, 1.54) is 26.0 Å². The first-order chi connectivity index (χ1) is 11.9. The minimum Gasteiger partial charge on any atom is -0.452 e. The molecule has 8 nitrogen and oxygen atoms in total. The normalized spacial score (nSPS) is 14.0. The third-order valence-corrected chi connectivity index (χ3v) is 3.85. The van der Waals surface area contributed by atoms with Gasteiger partial charge >= 0.3 is 5.97 Å². The number of hydrogen-bond donors (Lipinski definition) is 1. The molecule has 1 saturated heterocycles. The first kappa shape index (κ1) is 18.4. The zero-order valence-electron chi connectivity index (χ0n) is 14.3. The van der Waals surface area contributed by atoms with E-state index in [2.05, 4.69) is 5.32 Å².